The SMILES string of the molecule is Cc1ccc(C(N)=O)cc1Nc1nc(NC2CCCc3ccccc32)nc(N[C@@H]2CCNC2)n1. The van der Waals surface area contributed by atoms with Gasteiger partial charge in [-0.05, 0) is 68.0 Å². The zero-order valence-corrected chi connectivity index (χ0v) is 19.3. The monoisotopic (exact) mass is 458 g/mol. The number of hydrogen-bond acceptors (Lipinski definition) is 8. The number of carbonyl (C=O) groups excluding carboxylic acids is 1. The van der Waals surface area contributed by atoms with Gasteiger partial charge in [0.25, 0.3) is 0 Å². The summed E-state index contributed by atoms with van der Waals surface area (Å²) in [5, 5.41) is 13.6. The topological polar surface area (TPSA) is 130 Å². The number of rotatable bonds is 7. The first-order valence-electron chi connectivity index (χ1n) is 11.8. The third-order valence-corrected chi connectivity index (χ3v) is 6.47. The molecular formula is C25H30N8O. The predicted molar refractivity (Wildman–Crippen MR) is 133 cm³/mol. The number of aryl methyl sites for hydroxylation is 2. The highest BCUT2D eigenvalue weighted by molar-refractivity contribution is 5.94. The average Bonchev–Trinajstić information content (AvgIpc) is 3.33. The van der Waals surface area contributed by atoms with E-state index in [-0.39, 0.29) is 12.1 Å². The predicted octanol–water partition coefficient (Wildman–Crippen LogP) is 3.29. The van der Waals surface area contributed by atoms with E-state index in [4.69, 9.17) is 5.73 Å². The van der Waals surface area contributed by atoms with E-state index in [1.807, 2.05) is 13.0 Å². The summed E-state index contributed by atoms with van der Waals surface area (Å²) in [4.78, 5) is 25.6. The Bertz CT molecular complexity index is 1190. The molecule has 0 bridgehead atoms. The van der Waals surface area contributed by atoms with E-state index in [2.05, 4.69) is 60.5 Å². The molecule has 176 valence electrons. The molecule has 1 amide bonds. The van der Waals surface area contributed by atoms with Crippen LogP contribution in [0.2, 0.25) is 0 Å². The van der Waals surface area contributed by atoms with Crippen molar-refractivity contribution in [1.82, 2.24) is 20.3 Å². The van der Waals surface area contributed by atoms with Gasteiger partial charge in [0, 0.05) is 23.8 Å². The van der Waals surface area contributed by atoms with Crippen molar-refractivity contribution < 1.29 is 4.79 Å². The van der Waals surface area contributed by atoms with Crippen molar-refractivity contribution in [3.63, 3.8) is 0 Å². The van der Waals surface area contributed by atoms with Gasteiger partial charge in [0.1, 0.15) is 0 Å². The number of carbonyl (C=O) groups is 1. The van der Waals surface area contributed by atoms with Crippen molar-refractivity contribution in [2.24, 2.45) is 5.73 Å². The summed E-state index contributed by atoms with van der Waals surface area (Å²) in [6, 6.07) is 14.2. The van der Waals surface area contributed by atoms with Crippen LogP contribution in [-0.4, -0.2) is 40.0 Å². The summed E-state index contributed by atoms with van der Waals surface area (Å²) in [6.07, 6.45) is 4.23. The Hall–Kier alpha value is -3.72. The molecule has 1 saturated heterocycles. The van der Waals surface area contributed by atoms with Crippen LogP contribution in [0, 0.1) is 6.92 Å². The minimum absolute atomic E-state index is 0.140. The van der Waals surface area contributed by atoms with Gasteiger partial charge >= 0.3 is 0 Å². The highest BCUT2D eigenvalue weighted by atomic mass is 16.1. The fourth-order valence-corrected chi connectivity index (χ4v) is 4.61. The summed E-state index contributed by atoms with van der Waals surface area (Å²) in [5.74, 6) is 0.950. The highest BCUT2D eigenvalue weighted by Crippen LogP contribution is 2.32. The van der Waals surface area contributed by atoms with Gasteiger partial charge in [-0.1, -0.05) is 30.3 Å². The Kier molecular flexibility index (Phi) is 6.27. The van der Waals surface area contributed by atoms with E-state index >= 15 is 0 Å². The summed E-state index contributed by atoms with van der Waals surface area (Å²) >= 11 is 0. The minimum atomic E-state index is -0.479. The maximum atomic E-state index is 11.7. The third-order valence-electron chi connectivity index (χ3n) is 6.47. The Morgan fingerprint density at radius 3 is 2.62 bits per heavy atom. The Morgan fingerprint density at radius 1 is 1.03 bits per heavy atom. The lowest BCUT2D eigenvalue weighted by molar-refractivity contribution is 0.100. The maximum Gasteiger partial charge on any atom is 0.248 e. The fourth-order valence-electron chi connectivity index (χ4n) is 4.61. The first kappa shape index (κ1) is 22.1. The number of anilines is 4. The zero-order chi connectivity index (χ0) is 23.5. The Labute approximate surface area is 199 Å². The summed E-state index contributed by atoms with van der Waals surface area (Å²) in [7, 11) is 0. The van der Waals surface area contributed by atoms with Crippen LogP contribution in [0.25, 0.3) is 0 Å². The van der Waals surface area contributed by atoms with E-state index in [1.165, 1.54) is 11.1 Å². The van der Waals surface area contributed by atoms with Crippen LogP contribution in [0.5, 0.6) is 0 Å². The number of amides is 1. The second-order valence-corrected chi connectivity index (χ2v) is 8.95. The molecule has 1 aliphatic carbocycles. The van der Waals surface area contributed by atoms with Crippen LogP contribution in [0.1, 0.15) is 52.4 Å². The first-order valence-corrected chi connectivity index (χ1v) is 11.8. The number of nitrogens with two attached hydrogens (primary N) is 1. The number of primary amides is 1. The van der Waals surface area contributed by atoms with Gasteiger partial charge in [0.15, 0.2) is 0 Å². The number of nitrogens with zero attached hydrogens (tertiary/aromatic N) is 3. The lowest BCUT2D eigenvalue weighted by Crippen LogP contribution is -2.24. The van der Waals surface area contributed by atoms with Crippen molar-refractivity contribution in [2.75, 3.05) is 29.0 Å². The van der Waals surface area contributed by atoms with E-state index in [0.717, 1.165) is 50.0 Å². The highest BCUT2D eigenvalue weighted by Gasteiger charge is 2.22. The number of aromatic nitrogens is 3. The maximum absolute atomic E-state index is 11.7. The zero-order valence-electron chi connectivity index (χ0n) is 19.3. The van der Waals surface area contributed by atoms with Crippen LogP contribution >= 0.6 is 0 Å². The Balaban J connectivity index is 1.45. The molecule has 9 nitrogen and oxygen atoms in total. The van der Waals surface area contributed by atoms with Crippen LogP contribution < -0.4 is 27.0 Å². The van der Waals surface area contributed by atoms with Crippen LogP contribution in [0.3, 0.4) is 0 Å². The molecule has 1 fully saturated rings. The standard InChI is InChI=1S/C25H30N8O/c1-15-9-10-17(22(26)34)13-21(15)30-25-32-23(28-18-11-12-27-14-18)31-24(33-25)29-20-8-4-6-16-5-2-3-7-19(16)20/h2-3,5,7,9-10,13,18,20,27H,4,6,8,11-12,14H2,1H3,(H2,26,34)(H3,28,29,30,31,32,33)/t18-,20?/m1/s1. The Morgan fingerprint density at radius 2 is 1.82 bits per heavy atom. The fraction of sp³-hybridized carbons (Fsp3) is 0.360. The van der Waals surface area contributed by atoms with E-state index < -0.39 is 5.91 Å². The van der Waals surface area contributed by atoms with Crippen LogP contribution in [-0.2, 0) is 6.42 Å². The van der Waals surface area contributed by atoms with Gasteiger partial charge in [-0.15, -0.1) is 0 Å². The minimum Gasteiger partial charge on any atom is -0.366 e. The van der Waals surface area contributed by atoms with Crippen molar-refractivity contribution in [2.45, 2.75) is 44.7 Å². The molecule has 3 aromatic rings. The molecule has 5 rings (SSSR count). The molecule has 0 radical (unpaired) electrons. The van der Waals surface area contributed by atoms with Crippen molar-refractivity contribution in [3.05, 3.63) is 64.7 Å². The molecule has 0 spiro atoms. The molecule has 0 saturated carbocycles. The molecule has 6 N–H and O–H groups in total. The quantitative estimate of drug-likeness (QED) is 0.365. The van der Waals surface area contributed by atoms with E-state index in [1.54, 1.807) is 12.1 Å². The number of hydrogen-bond donors (Lipinski definition) is 5. The normalized spacial score (nSPS) is 19.3. The van der Waals surface area contributed by atoms with Crippen molar-refractivity contribution >= 4 is 29.4 Å². The van der Waals surface area contributed by atoms with Gasteiger partial charge in [0.05, 0.1) is 6.04 Å². The van der Waals surface area contributed by atoms with Crippen molar-refractivity contribution in [1.29, 1.82) is 0 Å². The van der Waals surface area contributed by atoms with Crippen LogP contribution in [0.15, 0.2) is 42.5 Å². The van der Waals surface area contributed by atoms with Gasteiger partial charge in [-0.3, -0.25) is 4.79 Å². The number of fused-ring (bicyclic) bond motifs is 1. The van der Waals surface area contributed by atoms with E-state index in [0.29, 0.717) is 23.4 Å². The average molecular weight is 459 g/mol. The van der Waals surface area contributed by atoms with Gasteiger partial charge in [0.2, 0.25) is 23.8 Å². The van der Waals surface area contributed by atoms with Crippen LogP contribution in [0.4, 0.5) is 23.5 Å². The lowest BCUT2D eigenvalue weighted by Gasteiger charge is -2.26. The smallest absolute Gasteiger partial charge is 0.248 e. The summed E-state index contributed by atoms with van der Waals surface area (Å²) in [6.45, 7) is 3.79. The lowest BCUT2D eigenvalue weighted by atomic mass is 9.88. The van der Waals surface area contributed by atoms with Gasteiger partial charge < -0.3 is 27.0 Å². The van der Waals surface area contributed by atoms with Gasteiger partial charge in [-0.25, -0.2) is 0 Å². The molecule has 1 aliphatic heterocycles. The second kappa shape index (κ2) is 9.64. The molecular weight excluding hydrogens is 428 g/mol. The molecule has 2 aliphatic rings. The molecule has 9 heteroatoms. The molecule has 2 heterocycles. The summed E-state index contributed by atoms with van der Waals surface area (Å²) in [5.41, 5.74) is 10.2. The molecule has 34 heavy (non-hydrogen) atoms. The molecule has 1 aromatic heterocycles. The summed E-state index contributed by atoms with van der Waals surface area (Å²) < 4.78 is 0. The van der Waals surface area contributed by atoms with Gasteiger partial charge in [-0.2, -0.15) is 15.0 Å². The number of benzene rings is 2. The third kappa shape index (κ3) is 4.94. The molecule has 2 atom stereocenters. The number of nitrogens with one attached hydrogen (secondary N) is 4. The second-order valence-electron chi connectivity index (χ2n) is 8.95. The first-order chi connectivity index (χ1) is 16.5. The largest absolute Gasteiger partial charge is 0.366 e. The van der Waals surface area contributed by atoms with Crippen molar-refractivity contribution in [3.8, 4) is 0 Å². The molecule has 2 aromatic carbocycles. The molecule has 1 unspecified atom stereocenters. The van der Waals surface area contributed by atoms with E-state index in [9.17, 15) is 4.79 Å².